The van der Waals surface area contributed by atoms with Crippen molar-refractivity contribution in [2.75, 3.05) is 36.0 Å². The van der Waals surface area contributed by atoms with Crippen LogP contribution in [0.25, 0.3) is 5.69 Å². The van der Waals surface area contributed by atoms with Crippen molar-refractivity contribution >= 4 is 23.4 Å². The minimum absolute atomic E-state index is 0.254. The largest absolute Gasteiger partial charge is 0.355 e. The molecule has 0 unspecified atom stereocenters. The molecule has 9 heteroatoms. The van der Waals surface area contributed by atoms with E-state index in [-0.39, 0.29) is 5.41 Å². The third-order valence-corrected chi connectivity index (χ3v) is 7.57. The second kappa shape index (κ2) is 6.92. The minimum Gasteiger partial charge on any atom is -0.355 e. The van der Waals surface area contributed by atoms with Crippen molar-refractivity contribution in [2.24, 2.45) is 5.41 Å². The molecule has 1 saturated carbocycles. The molecule has 0 atom stereocenters. The highest BCUT2D eigenvalue weighted by atomic mass is 35.5. The Balaban J connectivity index is 1.13. The molecule has 33 heavy (non-hydrogen) atoms. The summed E-state index contributed by atoms with van der Waals surface area (Å²) in [6.07, 6.45) is 2.52. The standard InChI is InChI=1S/C24H23ClN8/c25-17-4-7-20-16(8-17)10-30(19-5-6-19)11-22-28-29-23(33(20)22)32-14-24(15-32)12-31(13-24)21-3-1-2-18(9-26)27-21/h1-4,7-8,19H,5-6,10-15H2. The van der Waals surface area contributed by atoms with Crippen molar-refractivity contribution < 1.29 is 0 Å². The molecule has 1 aromatic carbocycles. The number of anilines is 2. The van der Waals surface area contributed by atoms with Crippen LogP contribution in [0, 0.1) is 16.7 Å². The van der Waals surface area contributed by atoms with Gasteiger partial charge < -0.3 is 9.80 Å². The number of hydrogen-bond acceptors (Lipinski definition) is 7. The average molecular weight is 459 g/mol. The van der Waals surface area contributed by atoms with Crippen LogP contribution in [0.3, 0.4) is 0 Å². The van der Waals surface area contributed by atoms with Crippen LogP contribution in [0.2, 0.25) is 5.02 Å². The quantitative estimate of drug-likeness (QED) is 0.597. The fraction of sp³-hybridized carbons (Fsp3) is 0.417. The topological polar surface area (TPSA) is 77.1 Å². The van der Waals surface area contributed by atoms with Gasteiger partial charge in [-0.25, -0.2) is 4.98 Å². The Morgan fingerprint density at radius 1 is 1.00 bits per heavy atom. The lowest BCUT2D eigenvalue weighted by atomic mass is 9.73. The molecule has 0 bridgehead atoms. The van der Waals surface area contributed by atoms with E-state index in [1.807, 2.05) is 18.2 Å². The van der Waals surface area contributed by atoms with Gasteiger partial charge in [0.25, 0.3) is 0 Å². The van der Waals surface area contributed by atoms with Crippen LogP contribution in [0.15, 0.2) is 36.4 Å². The molecule has 2 aromatic heterocycles. The molecule has 0 radical (unpaired) electrons. The van der Waals surface area contributed by atoms with Gasteiger partial charge >= 0.3 is 0 Å². The maximum absolute atomic E-state index is 9.12. The first-order valence-electron chi connectivity index (χ1n) is 11.5. The summed E-state index contributed by atoms with van der Waals surface area (Å²) in [5, 5.41) is 19.2. The summed E-state index contributed by atoms with van der Waals surface area (Å²) in [7, 11) is 0. The lowest BCUT2D eigenvalue weighted by Gasteiger charge is -2.60. The smallest absolute Gasteiger partial charge is 0.231 e. The van der Waals surface area contributed by atoms with Gasteiger partial charge in [-0.15, -0.1) is 10.2 Å². The van der Waals surface area contributed by atoms with Gasteiger partial charge in [-0.1, -0.05) is 17.7 Å². The molecule has 8 nitrogen and oxygen atoms in total. The van der Waals surface area contributed by atoms with Crippen LogP contribution >= 0.6 is 11.6 Å². The second-order valence-corrected chi connectivity index (χ2v) is 10.3. The van der Waals surface area contributed by atoms with Crippen LogP contribution in [-0.4, -0.2) is 56.9 Å². The van der Waals surface area contributed by atoms with E-state index in [1.54, 1.807) is 6.07 Å². The fourth-order valence-corrected chi connectivity index (χ4v) is 5.80. The number of pyridine rings is 1. The summed E-state index contributed by atoms with van der Waals surface area (Å²) in [5.74, 6) is 2.83. The van der Waals surface area contributed by atoms with E-state index in [9.17, 15) is 0 Å². The minimum atomic E-state index is 0.254. The predicted molar refractivity (Wildman–Crippen MR) is 124 cm³/mol. The molecule has 1 aliphatic carbocycles. The van der Waals surface area contributed by atoms with Crippen LogP contribution in [0.4, 0.5) is 11.8 Å². The summed E-state index contributed by atoms with van der Waals surface area (Å²) in [6, 6.07) is 14.6. The number of hydrogen-bond donors (Lipinski definition) is 0. The molecule has 166 valence electrons. The molecule has 5 heterocycles. The molecule has 7 rings (SSSR count). The van der Waals surface area contributed by atoms with Crippen molar-refractivity contribution in [3.05, 3.63) is 58.5 Å². The SMILES string of the molecule is N#Cc1cccc(N2CC3(C2)CN(c2nnc4n2-c2ccc(Cl)cc2CN(C2CC2)C4)C3)n1. The van der Waals surface area contributed by atoms with Crippen molar-refractivity contribution in [3.8, 4) is 11.8 Å². The van der Waals surface area contributed by atoms with Crippen LogP contribution in [-0.2, 0) is 13.1 Å². The van der Waals surface area contributed by atoms with E-state index in [2.05, 4.69) is 52.7 Å². The molecule has 3 aliphatic heterocycles. The number of fused-ring (bicyclic) bond motifs is 3. The van der Waals surface area contributed by atoms with E-state index < -0.39 is 0 Å². The van der Waals surface area contributed by atoms with Crippen molar-refractivity contribution in [1.29, 1.82) is 5.26 Å². The van der Waals surface area contributed by atoms with E-state index in [0.717, 1.165) is 67.6 Å². The monoisotopic (exact) mass is 458 g/mol. The summed E-state index contributed by atoms with van der Waals surface area (Å²) < 4.78 is 2.25. The van der Waals surface area contributed by atoms with Crippen molar-refractivity contribution in [2.45, 2.75) is 32.0 Å². The Morgan fingerprint density at radius 2 is 1.82 bits per heavy atom. The summed E-state index contributed by atoms with van der Waals surface area (Å²) >= 11 is 6.36. The molecule has 0 amide bonds. The summed E-state index contributed by atoms with van der Waals surface area (Å²) in [6.45, 7) is 5.53. The fourth-order valence-electron chi connectivity index (χ4n) is 5.61. The third kappa shape index (κ3) is 3.10. The average Bonchev–Trinajstić information content (AvgIpc) is 3.55. The van der Waals surface area contributed by atoms with E-state index in [4.69, 9.17) is 16.9 Å². The first-order valence-corrected chi connectivity index (χ1v) is 11.8. The first-order chi connectivity index (χ1) is 16.1. The maximum atomic E-state index is 9.12. The molecule has 1 spiro atoms. The van der Waals surface area contributed by atoms with E-state index >= 15 is 0 Å². The first kappa shape index (κ1) is 19.3. The molecule has 3 aromatic rings. The predicted octanol–water partition coefficient (Wildman–Crippen LogP) is 2.99. The molecular weight excluding hydrogens is 436 g/mol. The number of rotatable bonds is 3. The third-order valence-electron chi connectivity index (χ3n) is 7.34. The summed E-state index contributed by atoms with van der Waals surface area (Å²) in [4.78, 5) is 11.6. The van der Waals surface area contributed by atoms with Crippen LogP contribution in [0.5, 0.6) is 0 Å². The van der Waals surface area contributed by atoms with Crippen molar-refractivity contribution in [3.63, 3.8) is 0 Å². The van der Waals surface area contributed by atoms with Gasteiger partial charge in [-0.2, -0.15) is 5.26 Å². The second-order valence-electron chi connectivity index (χ2n) is 9.87. The van der Waals surface area contributed by atoms with E-state index in [0.29, 0.717) is 11.7 Å². The summed E-state index contributed by atoms with van der Waals surface area (Å²) in [5.41, 5.74) is 3.10. The van der Waals surface area contributed by atoms with E-state index in [1.165, 1.54) is 18.4 Å². The number of nitriles is 1. The molecular formula is C24H23ClN8. The number of halogens is 1. The Kier molecular flexibility index (Phi) is 4.06. The molecule has 3 fully saturated rings. The Labute approximate surface area is 197 Å². The lowest BCUT2D eigenvalue weighted by molar-refractivity contribution is 0.153. The van der Waals surface area contributed by atoms with Gasteiger partial charge in [0.15, 0.2) is 5.82 Å². The van der Waals surface area contributed by atoms with Gasteiger partial charge in [0.1, 0.15) is 17.6 Å². The Hall–Kier alpha value is -3.15. The zero-order valence-corrected chi connectivity index (χ0v) is 18.9. The zero-order chi connectivity index (χ0) is 22.2. The zero-order valence-electron chi connectivity index (χ0n) is 18.2. The lowest BCUT2D eigenvalue weighted by Crippen LogP contribution is -2.73. The van der Waals surface area contributed by atoms with Gasteiger partial charge in [0.2, 0.25) is 5.95 Å². The van der Waals surface area contributed by atoms with Gasteiger partial charge in [0.05, 0.1) is 12.2 Å². The van der Waals surface area contributed by atoms with Crippen LogP contribution < -0.4 is 9.80 Å². The highest BCUT2D eigenvalue weighted by Gasteiger charge is 2.53. The van der Waals surface area contributed by atoms with Crippen molar-refractivity contribution in [1.82, 2.24) is 24.6 Å². The highest BCUT2D eigenvalue weighted by Crippen LogP contribution is 2.44. The van der Waals surface area contributed by atoms with Gasteiger partial charge in [0, 0.05) is 49.2 Å². The number of aromatic nitrogens is 4. The van der Waals surface area contributed by atoms with Gasteiger partial charge in [-0.05, 0) is 48.7 Å². The number of nitrogens with zero attached hydrogens (tertiary/aromatic N) is 8. The molecule has 2 saturated heterocycles. The Morgan fingerprint density at radius 3 is 2.61 bits per heavy atom. The Bertz CT molecular complexity index is 1290. The number of benzene rings is 1. The maximum Gasteiger partial charge on any atom is 0.231 e. The normalized spacial score (nSPS) is 21.0. The van der Waals surface area contributed by atoms with Crippen LogP contribution in [0.1, 0.15) is 29.9 Å². The molecule has 4 aliphatic rings. The molecule has 0 N–H and O–H groups in total. The highest BCUT2D eigenvalue weighted by molar-refractivity contribution is 6.30. The van der Waals surface area contributed by atoms with Gasteiger partial charge in [-0.3, -0.25) is 9.47 Å².